The smallest absolute Gasteiger partial charge is 0.237 e. The highest BCUT2D eigenvalue weighted by atomic mass is 32.1. The Hall–Kier alpha value is -2.37. The Balaban J connectivity index is 1.67. The van der Waals surface area contributed by atoms with Crippen LogP contribution in [0, 0.1) is 19.3 Å². The van der Waals surface area contributed by atoms with Crippen LogP contribution in [0.15, 0.2) is 35.7 Å². The minimum Gasteiger partial charge on any atom is -0.491 e. The van der Waals surface area contributed by atoms with Gasteiger partial charge in [-0.2, -0.15) is 0 Å². The molecule has 0 unspecified atom stereocenters. The molecule has 1 aliphatic rings. The predicted molar refractivity (Wildman–Crippen MR) is 132 cm³/mol. The zero-order chi connectivity index (χ0) is 23.6. The molecule has 0 saturated heterocycles. The quantitative estimate of drug-likeness (QED) is 0.381. The van der Waals surface area contributed by atoms with Gasteiger partial charge in [-0.25, -0.2) is 0 Å². The average Bonchev–Trinajstić information content (AvgIpc) is 3.27. The minimum absolute atomic E-state index is 0.0508. The van der Waals surface area contributed by atoms with Crippen LogP contribution in [-0.4, -0.2) is 72.9 Å². The number of aliphatic hydroxyl groups is 1. The lowest BCUT2D eigenvalue weighted by Gasteiger charge is -2.37. The van der Waals surface area contributed by atoms with Gasteiger partial charge in [0.2, 0.25) is 5.91 Å². The van der Waals surface area contributed by atoms with Crippen LogP contribution in [0.2, 0.25) is 0 Å². The molecule has 6 nitrogen and oxygen atoms in total. The third kappa shape index (κ3) is 7.31. The Morgan fingerprint density at radius 1 is 1.42 bits per heavy atom. The number of nitrogens with zero attached hydrogens (tertiary/aromatic N) is 2. The molecule has 1 aromatic heterocycles. The van der Waals surface area contributed by atoms with E-state index < -0.39 is 6.10 Å². The van der Waals surface area contributed by atoms with E-state index in [2.05, 4.69) is 24.3 Å². The van der Waals surface area contributed by atoms with Gasteiger partial charge in [-0.3, -0.25) is 9.69 Å². The normalized spacial score (nSPS) is 16.3. The molecular weight excluding hydrogens is 436 g/mol. The number of aliphatic hydroxyl groups excluding tert-OH is 1. The summed E-state index contributed by atoms with van der Waals surface area (Å²) in [6.07, 6.45) is 6.25. The van der Waals surface area contributed by atoms with Crippen molar-refractivity contribution in [3.63, 3.8) is 0 Å². The largest absolute Gasteiger partial charge is 0.491 e. The first-order valence-corrected chi connectivity index (χ1v) is 12.4. The first kappa shape index (κ1) is 25.3. The zero-order valence-electron chi connectivity index (χ0n) is 19.5. The number of rotatable bonds is 12. The van der Waals surface area contributed by atoms with Crippen molar-refractivity contribution >= 4 is 17.2 Å². The molecule has 1 amide bonds. The topological polar surface area (TPSA) is 62.2 Å². The number of terminal acetylenes is 1. The van der Waals surface area contributed by atoms with Crippen molar-refractivity contribution in [1.82, 2.24) is 9.80 Å². The van der Waals surface area contributed by atoms with Crippen LogP contribution in [0.25, 0.3) is 0 Å². The molecule has 1 N–H and O–H groups in total. The predicted octanol–water partition coefficient (Wildman–Crippen LogP) is 3.28. The fourth-order valence-electron chi connectivity index (χ4n) is 4.19. The van der Waals surface area contributed by atoms with Gasteiger partial charge >= 0.3 is 0 Å². The number of amides is 1. The molecular formula is C26H34N2O4S. The van der Waals surface area contributed by atoms with Crippen molar-refractivity contribution in [3.8, 4) is 18.1 Å². The van der Waals surface area contributed by atoms with E-state index in [1.165, 1.54) is 10.4 Å². The van der Waals surface area contributed by atoms with Gasteiger partial charge in [0.1, 0.15) is 19.0 Å². The number of benzene rings is 1. The maximum Gasteiger partial charge on any atom is 0.237 e. The van der Waals surface area contributed by atoms with Crippen molar-refractivity contribution in [2.75, 3.05) is 46.0 Å². The highest BCUT2D eigenvalue weighted by Gasteiger charge is 2.33. The Bertz CT molecular complexity index is 938. The molecule has 1 aromatic carbocycles. The molecule has 0 radical (unpaired) electrons. The van der Waals surface area contributed by atoms with Crippen LogP contribution in [0.3, 0.4) is 0 Å². The van der Waals surface area contributed by atoms with Gasteiger partial charge in [0, 0.05) is 18.0 Å². The van der Waals surface area contributed by atoms with Gasteiger partial charge in [0.15, 0.2) is 0 Å². The molecule has 1 aliphatic heterocycles. The molecule has 0 aliphatic carbocycles. The summed E-state index contributed by atoms with van der Waals surface area (Å²) in [5.74, 6) is 3.26. The lowest BCUT2D eigenvalue weighted by atomic mass is 10.0. The molecule has 0 saturated carbocycles. The molecule has 3 rings (SSSR count). The Morgan fingerprint density at radius 2 is 2.27 bits per heavy atom. The van der Waals surface area contributed by atoms with Crippen molar-refractivity contribution in [2.45, 2.75) is 38.8 Å². The number of carbonyl (C=O) groups is 1. The third-order valence-corrected chi connectivity index (χ3v) is 6.67. The molecule has 2 heterocycles. The van der Waals surface area contributed by atoms with Gasteiger partial charge in [-0.05, 0) is 61.0 Å². The van der Waals surface area contributed by atoms with E-state index in [0.29, 0.717) is 19.7 Å². The second-order valence-electron chi connectivity index (χ2n) is 8.39. The fraction of sp³-hybridized carbons (Fsp3) is 0.500. The fourth-order valence-corrected chi connectivity index (χ4v) is 5.12. The number of ether oxygens (including phenoxy) is 2. The zero-order valence-corrected chi connectivity index (χ0v) is 20.4. The molecule has 7 heteroatoms. The van der Waals surface area contributed by atoms with Crippen molar-refractivity contribution in [1.29, 1.82) is 0 Å². The monoisotopic (exact) mass is 470 g/mol. The third-order valence-electron chi connectivity index (χ3n) is 5.68. The summed E-state index contributed by atoms with van der Waals surface area (Å²) >= 11 is 1.74. The van der Waals surface area contributed by atoms with Crippen LogP contribution < -0.4 is 4.74 Å². The van der Waals surface area contributed by atoms with Gasteiger partial charge in [0.05, 0.1) is 25.3 Å². The van der Waals surface area contributed by atoms with E-state index in [1.54, 1.807) is 11.3 Å². The first-order chi connectivity index (χ1) is 16.0. The second-order valence-corrected chi connectivity index (χ2v) is 9.39. The van der Waals surface area contributed by atoms with E-state index in [0.717, 1.165) is 30.7 Å². The average molecular weight is 471 g/mol. The van der Waals surface area contributed by atoms with E-state index >= 15 is 0 Å². The molecule has 2 aromatic rings. The molecule has 33 heavy (non-hydrogen) atoms. The maximum absolute atomic E-state index is 13.4. The molecule has 0 spiro atoms. The molecule has 178 valence electrons. The summed E-state index contributed by atoms with van der Waals surface area (Å²) < 4.78 is 11.4. The summed E-state index contributed by atoms with van der Waals surface area (Å²) in [7, 11) is 0. The highest BCUT2D eigenvalue weighted by molar-refractivity contribution is 7.10. The summed E-state index contributed by atoms with van der Waals surface area (Å²) in [5, 5.41) is 12.4. The standard InChI is InChI=1S/C26H34N2O4S/c1-4-11-27(16-21(29)18-31-13-5-2)17-26(30)28-12-9-25-23(10-14-33-25)24(28)19-32-22-8-6-7-20(3)15-22/h2,6-8,10,14-15,21,24,29H,4,9,11-13,16-19H2,1,3H3/t21-,24+/m0/s1. The van der Waals surface area contributed by atoms with E-state index in [1.807, 2.05) is 41.0 Å². The Kier molecular flexibility index (Phi) is 9.76. The van der Waals surface area contributed by atoms with Crippen molar-refractivity contribution in [3.05, 3.63) is 51.7 Å². The number of hydrogen-bond donors (Lipinski definition) is 1. The number of carbonyl (C=O) groups excluding carboxylic acids is 1. The summed E-state index contributed by atoms with van der Waals surface area (Å²) in [6, 6.07) is 9.96. The minimum atomic E-state index is -0.692. The van der Waals surface area contributed by atoms with Crippen LogP contribution in [0.1, 0.15) is 35.4 Å². The highest BCUT2D eigenvalue weighted by Crippen LogP contribution is 2.34. The van der Waals surface area contributed by atoms with Gasteiger partial charge in [-0.1, -0.05) is 25.0 Å². The number of hydrogen-bond acceptors (Lipinski definition) is 6. The summed E-state index contributed by atoms with van der Waals surface area (Å²) in [5.41, 5.74) is 2.32. The van der Waals surface area contributed by atoms with Crippen LogP contribution in [-0.2, 0) is 16.0 Å². The summed E-state index contributed by atoms with van der Waals surface area (Å²) in [4.78, 5) is 18.7. The van der Waals surface area contributed by atoms with Gasteiger partial charge in [-0.15, -0.1) is 17.8 Å². The first-order valence-electron chi connectivity index (χ1n) is 11.5. The van der Waals surface area contributed by atoms with Crippen LogP contribution in [0.4, 0.5) is 0 Å². The maximum atomic E-state index is 13.4. The number of thiophene rings is 1. The van der Waals surface area contributed by atoms with E-state index in [-0.39, 0.29) is 31.7 Å². The Morgan fingerprint density at radius 3 is 3.03 bits per heavy atom. The molecule has 2 atom stereocenters. The molecule has 0 fully saturated rings. The lowest BCUT2D eigenvalue weighted by molar-refractivity contribution is -0.136. The number of fused-ring (bicyclic) bond motifs is 1. The van der Waals surface area contributed by atoms with Gasteiger partial charge < -0.3 is 19.5 Å². The van der Waals surface area contributed by atoms with E-state index in [9.17, 15) is 9.90 Å². The van der Waals surface area contributed by atoms with Crippen LogP contribution >= 0.6 is 11.3 Å². The summed E-state index contributed by atoms with van der Waals surface area (Å²) in [6.45, 7) is 6.85. The van der Waals surface area contributed by atoms with Crippen molar-refractivity contribution in [2.24, 2.45) is 0 Å². The number of aryl methyl sites for hydroxylation is 1. The van der Waals surface area contributed by atoms with Gasteiger partial charge in [0.25, 0.3) is 0 Å². The lowest BCUT2D eigenvalue weighted by Crippen LogP contribution is -2.48. The van der Waals surface area contributed by atoms with Crippen molar-refractivity contribution < 1.29 is 19.4 Å². The SMILES string of the molecule is C#CCOC[C@@H](O)CN(CCC)CC(=O)N1CCc2sccc2[C@H]1COc1cccc(C)c1. The Labute approximate surface area is 201 Å². The second kappa shape index (κ2) is 12.8. The molecule has 0 bridgehead atoms. The van der Waals surface area contributed by atoms with E-state index in [4.69, 9.17) is 15.9 Å². The van der Waals surface area contributed by atoms with Crippen LogP contribution in [0.5, 0.6) is 5.75 Å².